The number of pyridine rings is 1. The summed E-state index contributed by atoms with van der Waals surface area (Å²) >= 11 is 0. The third kappa shape index (κ3) is 3.35. The highest BCUT2D eigenvalue weighted by Gasteiger charge is 2.15. The molecule has 5 nitrogen and oxygen atoms in total. The molecular weight excluding hydrogens is 228 g/mol. The standard InChI is InChI=1S/C13H20N4O/c14-11-5-4-7-15-13(11)16-8-6-12(18)17-9-2-1-3-10-17/h4-5,7H,1-3,6,8-10,14H2,(H,15,16). The Labute approximate surface area is 107 Å². The molecular formula is C13H20N4O. The maximum absolute atomic E-state index is 11.9. The molecule has 2 rings (SSSR count). The molecule has 1 aromatic rings. The van der Waals surface area contributed by atoms with E-state index in [2.05, 4.69) is 10.3 Å². The van der Waals surface area contributed by atoms with E-state index in [4.69, 9.17) is 5.73 Å². The van der Waals surface area contributed by atoms with Gasteiger partial charge in [-0.05, 0) is 31.4 Å². The summed E-state index contributed by atoms with van der Waals surface area (Å²) in [5, 5.41) is 3.10. The third-order valence-electron chi connectivity index (χ3n) is 3.18. The number of likely N-dealkylation sites (tertiary alicyclic amines) is 1. The van der Waals surface area contributed by atoms with Gasteiger partial charge in [0.05, 0.1) is 5.69 Å². The molecule has 0 radical (unpaired) electrons. The topological polar surface area (TPSA) is 71.2 Å². The largest absolute Gasteiger partial charge is 0.396 e. The number of hydrogen-bond donors (Lipinski definition) is 2. The Morgan fingerprint density at radius 2 is 2.17 bits per heavy atom. The van der Waals surface area contributed by atoms with Gasteiger partial charge in [0, 0.05) is 32.3 Å². The average molecular weight is 248 g/mol. The zero-order chi connectivity index (χ0) is 12.8. The third-order valence-corrected chi connectivity index (χ3v) is 3.18. The number of piperidine rings is 1. The van der Waals surface area contributed by atoms with Crippen molar-refractivity contribution >= 4 is 17.4 Å². The monoisotopic (exact) mass is 248 g/mol. The van der Waals surface area contributed by atoms with E-state index < -0.39 is 0 Å². The van der Waals surface area contributed by atoms with Crippen LogP contribution in [0.15, 0.2) is 18.3 Å². The first-order chi connectivity index (χ1) is 8.77. The van der Waals surface area contributed by atoms with Gasteiger partial charge >= 0.3 is 0 Å². The van der Waals surface area contributed by atoms with E-state index in [1.807, 2.05) is 4.90 Å². The van der Waals surface area contributed by atoms with Crippen LogP contribution in [0.3, 0.4) is 0 Å². The summed E-state index contributed by atoms with van der Waals surface area (Å²) in [6, 6.07) is 3.58. The number of anilines is 2. The molecule has 5 heteroatoms. The van der Waals surface area contributed by atoms with Crippen molar-refractivity contribution in [1.29, 1.82) is 0 Å². The molecule has 1 amide bonds. The van der Waals surface area contributed by atoms with Gasteiger partial charge in [0.15, 0.2) is 0 Å². The first-order valence-electron chi connectivity index (χ1n) is 6.49. The minimum Gasteiger partial charge on any atom is -0.396 e. The molecule has 0 aliphatic carbocycles. The number of nitrogens with two attached hydrogens (primary N) is 1. The number of carbonyl (C=O) groups is 1. The maximum atomic E-state index is 11.9. The molecule has 18 heavy (non-hydrogen) atoms. The van der Waals surface area contributed by atoms with Crippen LogP contribution in [0.2, 0.25) is 0 Å². The molecule has 3 N–H and O–H groups in total. The highest BCUT2D eigenvalue weighted by molar-refractivity contribution is 5.77. The van der Waals surface area contributed by atoms with E-state index in [9.17, 15) is 4.79 Å². The van der Waals surface area contributed by atoms with Gasteiger partial charge in [-0.2, -0.15) is 0 Å². The number of aromatic nitrogens is 1. The molecule has 2 heterocycles. The summed E-state index contributed by atoms with van der Waals surface area (Å²) in [7, 11) is 0. The highest BCUT2D eigenvalue weighted by atomic mass is 16.2. The molecule has 1 aliphatic rings. The molecule has 1 aromatic heterocycles. The molecule has 1 saturated heterocycles. The lowest BCUT2D eigenvalue weighted by Gasteiger charge is -2.26. The van der Waals surface area contributed by atoms with E-state index in [0.717, 1.165) is 25.9 Å². The molecule has 98 valence electrons. The van der Waals surface area contributed by atoms with Gasteiger partial charge in [-0.25, -0.2) is 4.98 Å². The average Bonchev–Trinajstić information content (AvgIpc) is 2.42. The fourth-order valence-corrected chi connectivity index (χ4v) is 2.15. The van der Waals surface area contributed by atoms with Crippen LogP contribution in [0.25, 0.3) is 0 Å². The SMILES string of the molecule is Nc1cccnc1NCCC(=O)N1CCCCC1. The van der Waals surface area contributed by atoms with E-state index >= 15 is 0 Å². The normalized spacial score (nSPS) is 15.4. The second-order valence-corrected chi connectivity index (χ2v) is 4.56. The van der Waals surface area contributed by atoms with Crippen molar-refractivity contribution in [3.63, 3.8) is 0 Å². The van der Waals surface area contributed by atoms with Crippen LogP contribution in [-0.2, 0) is 4.79 Å². The van der Waals surface area contributed by atoms with Crippen molar-refractivity contribution in [2.75, 3.05) is 30.7 Å². The Hall–Kier alpha value is -1.78. The number of nitrogens with zero attached hydrogens (tertiary/aromatic N) is 2. The van der Waals surface area contributed by atoms with Gasteiger partial charge in [-0.1, -0.05) is 0 Å². The lowest BCUT2D eigenvalue weighted by Crippen LogP contribution is -2.36. The molecule has 1 aliphatic heterocycles. The Morgan fingerprint density at radius 3 is 2.89 bits per heavy atom. The van der Waals surface area contributed by atoms with Crippen molar-refractivity contribution in [1.82, 2.24) is 9.88 Å². The number of hydrogen-bond acceptors (Lipinski definition) is 4. The van der Waals surface area contributed by atoms with Crippen LogP contribution in [0, 0.1) is 0 Å². The predicted octanol–water partition coefficient (Wildman–Crippen LogP) is 1.48. The summed E-state index contributed by atoms with van der Waals surface area (Å²) in [5.74, 6) is 0.876. The Morgan fingerprint density at radius 1 is 1.39 bits per heavy atom. The van der Waals surface area contributed by atoms with E-state index in [0.29, 0.717) is 24.5 Å². The Kier molecular flexibility index (Phi) is 4.39. The molecule has 0 aromatic carbocycles. The van der Waals surface area contributed by atoms with Gasteiger partial charge in [-0.15, -0.1) is 0 Å². The molecule has 0 atom stereocenters. The number of rotatable bonds is 4. The summed E-state index contributed by atoms with van der Waals surface area (Å²) < 4.78 is 0. The molecule has 0 saturated carbocycles. The first kappa shape index (κ1) is 12.7. The first-order valence-corrected chi connectivity index (χ1v) is 6.49. The van der Waals surface area contributed by atoms with Crippen molar-refractivity contribution in [2.24, 2.45) is 0 Å². The summed E-state index contributed by atoms with van der Waals surface area (Å²) in [4.78, 5) is 18.0. The van der Waals surface area contributed by atoms with Gasteiger partial charge < -0.3 is 16.0 Å². The van der Waals surface area contributed by atoms with Crippen LogP contribution in [0.4, 0.5) is 11.5 Å². The van der Waals surface area contributed by atoms with Gasteiger partial charge in [0.2, 0.25) is 5.91 Å². The zero-order valence-electron chi connectivity index (χ0n) is 10.6. The Bertz CT molecular complexity index is 402. The second kappa shape index (κ2) is 6.23. The lowest BCUT2D eigenvalue weighted by molar-refractivity contribution is -0.131. The lowest BCUT2D eigenvalue weighted by atomic mass is 10.1. The molecule has 0 spiro atoms. The minimum atomic E-state index is 0.219. The van der Waals surface area contributed by atoms with E-state index in [1.54, 1.807) is 18.3 Å². The van der Waals surface area contributed by atoms with Gasteiger partial charge in [0.1, 0.15) is 5.82 Å². The smallest absolute Gasteiger partial charge is 0.224 e. The van der Waals surface area contributed by atoms with Crippen LogP contribution < -0.4 is 11.1 Å². The van der Waals surface area contributed by atoms with Crippen LogP contribution in [0.1, 0.15) is 25.7 Å². The quantitative estimate of drug-likeness (QED) is 0.846. The van der Waals surface area contributed by atoms with Crippen LogP contribution >= 0.6 is 0 Å². The summed E-state index contributed by atoms with van der Waals surface area (Å²) in [6.45, 7) is 2.39. The minimum absolute atomic E-state index is 0.219. The van der Waals surface area contributed by atoms with Crippen molar-refractivity contribution in [2.45, 2.75) is 25.7 Å². The molecule has 0 unspecified atom stereocenters. The van der Waals surface area contributed by atoms with Gasteiger partial charge in [0.25, 0.3) is 0 Å². The fourth-order valence-electron chi connectivity index (χ4n) is 2.15. The maximum Gasteiger partial charge on any atom is 0.224 e. The number of amides is 1. The van der Waals surface area contributed by atoms with E-state index in [-0.39, 0.29) is 5.91 Å². The zero-order valence-corrected chi connectivity index (χ0v) is 10.6. The van der Waals surface area contributed by atoms with Crippen molar-refractivity contribution in [3.05, 3.63) is 18.3 Å². The van der Waals surface area contributed by atoms with Gasteiger partial charge in [-0.3, -0.25) is 4.79 Å². The number of carbonyl (C=O) groups excluding carboxylic acids is 1. The Balaban J connectivity index is 1.75. The van der Waals surface area contributed by atoms with Crippen molar-refractivity contribution in [3.8, 4) is 0 Å². The van der Waals surface area contributed by atoms with Crippen LogP contribution in [0.5, 0.6) is 0 Å². The number of nitrogens with one attached hydrogen (secondary N) is 1. The highest BCUT2D eigenvalue weighted by Crippen LogP contribution is 2.13. The molecule has 1 fully saturated rings. The second-order valence-electron chi connectivity index (χ2n) is 4.56. The predicted molar refractivity (Wildman–Crippen MR) is 72.2 cm³/mol. The fraction of sp³-hybridized carbons (Fsp3) is 0.538. The molecule has 0 bridgehead atoms. The van der Waals surface area contributed by atoms with E-state index in [1.165, 1.54) is 6.42 Å². The van der Waals surface area contributed by atoms with Crippen LogP contribution in [-0.4, -0.2) is 35.4 Å². The summed E-state index contributed by atoms with van der Waals surface area (Å²) in [5.41, 5.74) is 6.37. The number of nitrogen functional groups attached to an aromatic ring is 1. The van der Waals surface area contributed by atoms with Crippen molar-refractivity contribution < 1.29 is 4.79 Å². The summed E-state index contributed by atoms with van der Waals surface area (Å²) in [6.07, 6.45) is 5.69.